The highest BCUT2D eigenvalue weighted by Crippen LogP contribution is 2.56. The zero-order valence-electron chi connectivity index (χ0n) is 15.2. The van der Waals surface area contributed by atoms with Crippen molar-refractivity contribution in [2.75, 3.05) is 0 Å². The van der Waals surface area contributed by atoms with E-state index in [9.17, 15) is 17.6 Å². The summed E-state index contributed by atoms with van der Waals surface area (Å²) in [6.45, 7) is 0. The third kappa shape index (κ3) is 3.90. The normalized spacial score (nSPS) is 28.6. The molecule has 1 spiro atoms. The van der Waals surface area contributed by atoms with Crippen molar-refractivity contribution >= 4 is 0 Å². The Morgan fingerprint density at radius 2 is 1.41 bits per heavy atom. The fraction of sp³-hybridized carbons (Fsp3) is 0.478. The first-order valence-corrected chi connectivity index (χ1v) is 9.77. The van der Waals surface area contributed by atoms with Gasteiger partial charge in [0.05, 0.1) is 5.56 Å². The number of halogens is 4. The van der Waals surface area contributed by atoms with Gasteiger partial charge in [0.1, 0.15) is 5.82 Å². The summed E-state index contributed by atoms with van der Waals surface area (Å²) < 4.78 is 52.2. The van der Waals surface area contributed by atoms with Gasteiger partial charge in [0, 0.05) is 0 Å². The lowest BCUT2D eigenvalue weighted by Crippen LogP contribution is -2.24. The summed E-state index contributed by atoms with van der Waals surface area (Å²) in [6, 6.07) is 12.7. The van der Waals surface area contributed by atoms with Crippen LogP contribution in [0.2, 0.25) is 0 Å². The van der Waals surface area contributed by atoms with Crippen molar-refractivity contribution in [1.29, 1.82) is 0 Å². The van der Waals surface area contributed by atoms with Crippen molar-refractivity contribution in [1.82, 2.24) is 0 Å². The van der Waals surface area contributed by atoms with E-state index >= 15 is 0 Å². The number of alkyl halides is 3. The van der Waals surface area contributed by atoms with E-state index < -0.39 is 11.7 Å². The maximum atomic E-state index is 13.1. The van der Waals surface area contributed by atoms with Crippen LogP contribution in [0.1, 0.15) is 73.5 Å². The first-order valence-electron chi connectivity index (χ1n) is 9.77. The molecule has 1 unspecified atom stereocenters. The van der Waals surface area contributed by atoms with Crippen LogP contribution in [-0.2, 0) is 6.18 Å². The Hall–Kier alpha value is -1.84. The van der Waals surface area contributed by atoms with Crippen LogP contribution in [0.5, 0.6) is 0 Å². The predicted octanol–water partition coefficient (Wildman–Crippen LogP) is 7.46. The average Bonchev–Trinajstić information content (AvgIpc) is 3.06. The highest BCUT2D eigenvalue weighted by atomic mass is 19.4. The Morgan fingerprint density at radius 1 is 0.778 bits per heavy atom. The van der Waals surface area contributed by atoms with E-state index in [4.69, 9.17) is 0 Å². The van der Waals surface area contributed by atoms with Crippen molar-refractivity contribution in [3.05, 3.63) is 71.0 Å². The maximum Gasteiger partial charge on any atom is 0.416 e. The molecule has 2 aromatic carbocycles. The summed E-state index contributed by atoms with van der Waals surface area (Å²) in [6.07, 6.45) is 3.19. The molecule has 0 nitrogen and oxygen atoms in total. The van der Waals surface area contributed by atoms with Gasteiger partial charge in [-0.2, -0.15) is 13.2 Å². The van der Waals surface area contributed by atoms with E-state index in [1.165, 1.54) is 29.8 Å². The van der Waals surface area contributed by atoms with Gasteiger partial charge in [-0.15, -0.1) is 0 Å². The smallest absolute Gasteiger partial charge is 0.207 e. The molecule has 144 valence electrons. The van der Waals surface area contributed by atoms with Crippen molar-refractivity contribution < 1.29 is 17.6 Å². The lowest BCUT2D eigenvalue weighted by molar-refractivity contribution is -0.137. The first-order chi connectivity index (χ1) is 12.8. The van der Waals surface area contributed by atoms with Gasteiger partial charge in [-0.05, 0) is 91.5 Å². The summed E-state index contributed by atoms with van der Waals surface area (Å²) in [5, 5.41) is 0. The fourth-order valence-electron chi connectivity index (χ4n) is 5.21. The molecule has 0 N–H and O–H groups in total. The van der Waals surface area contributed by atoms with Gasteiger partial charge in [0.2, 0.25) is 0 Å². The molecule has 0 bridgehead atoms. The van der Waals surface area contributed by atoms with Gasteiger partial charge in [-0.25, -0.2) is 4.39 Å². The van der Waals surface area contributed by atoms with Crippen LogP contribution in [0.15, 0.2) is 48.5 Å². The number of rotatable bonds is 2. The largest absolute Gasteiger partial charge is 0.416 e. The van der Waals surface area contributed by atoms with E-state index in [1.54, 1.807) is 0 Å². The third-order valence-corrected chi connectivity index (χ3v) is 6.78. The van der Waals surface area contributed by atoms with E-state index in [0.717, 1.165) is 56.6 Å². The minimum absolute atomic E-state index is 0.203. The quantitative estimate of drug-likeness (QED) is 0.477. The highest BCUT2D eigenvalue weighted by molar-refractivity contribution is 5.30. The van der Waals surface area contributed by atoms with E-state index in [2.05, 4.69) is 0 Å². The topological polar surface area (TPSA) is 0 Å². The molecule has 2 fully saturated rings. The standard InChI is InChI=1S/C23H24F4/c24-21-6-4-16(5-7-21)17-8-11-22(12-9-17)13-10-19(15-22)18-2-1-3-20(14-18)23(25,26)27/h1-7,14,17,19H,8-13,15H2. The van der Waals surface area contributed by atoms with Crippen LogP contribution < -0.4 is 0 Å². The van der Waals surface area contributed by atoms with Gasteiger partial charge in [0.25, 0.3) is 0 Å². The van der Waals surface area contributed by atoms with Crippen LogP contribution >= 0.6 is 0 Å². The molecular formula is C23H24F4. The third-order valence-electron chi connectivity index (χ3n) is 6.78. The van der Waals surface area contributed by atoms with Crippen LogP contribution in [-0.4, -0.2) is 0 Å². The molecule has 0 saturated heterocycles. The monoisotopic (exact) mass is 376 g/mol. The first kappa shape index (κ1) is 18.5. The number of benzene rings is 2. The van der Waals surface area contributed by atoms with Gasteiger partial charge in [0.15, 0.2) is 0 Å². The predicted molar refractivity (Wildman–Crippen MR) is 98.1 cm³/mol. The minimum Gasteiger partial charge on any atom is -0.207 e. The summed E-state index contributed by atoms with van der Waals surface area (Å²) in [4.78, 5) is 0. The number of hydrogen-bond acceptors (Lipinski definition) is 0. The Balaban J connectivity index is 1.42. The Labute approximate surface area is 157 Å². The molecule has 0 aromatic heterocycles. The van der Waals surface area contributed by atoms with E-state index in [0.29, 0.717) is 5.92 Å². The molecule has 27 heavy (non-hydrogen) atoms. The second-order valence-electron chi connectivity index (χ2n) is 8.39. The molecule has 2 saturated carbocycles. The molecule has 1 atom stereocenters. The summed E-state index contributed by atoms with van der Waals surface area (Å²) >= 11 is 0. The molecular weight excluding hydrogens is 352 g/mol. The van der Waals surface area contributed by atoms with Gasteiger partial charge < -0.3 is 0 Å². The molecule has 0 aliphatic heterocycles. The van der Waals surface area contributed by atoms with E-state index in [1.807, 2.05) is 18.2 Å². The number of hydrogen-bond donors (Lipinski definition) is 0. The molecule has 0 radical (unpaired) electrons. The van der Waals surface area contributed by atoms with E-state index in [-0.39, 0.29) is 17.2 Å². The van der Waals surface area contributed by atoms with Crippen molar-refractivity contribution in [2.45, 2.75) is 63.0 Å². The van der Waals surface area contributed by atoms with Crippen LogP contribution in [0.4, 0.5) is 17.6 Å². The Morgan fingerprint density at radius 3 is 2.04 bits per heavy atom. The fourth-order valence-corrected chi connectivity index (χ4v) is 5.21. The summed E-state index contributed by atoms with van der Waals surface area (Å²) in [5.74, 6) is 0.504. The summed E-state index contributed by atoms with van der Waals surface area (Å²) in [5.41, 5.74) is 1.78. The van der Waals surface area contributed by atoms with Gasteiger partial charge in [-0.1, -0.05) is 30.3 Å². The van der Waals surface area contributed by atoms with Gasteiger partial charge in [-0.3, -0.25) is 0 Å². The van der Waals surface area contributed by atoms with Crippen molar-refractivity contribution in [2.24, 2.45) is 5.41 Å². The zero-order valence-corrected chi connectivity index (χ0v) is 15.2. The minimum atomic E-state index is -4.28. The van der Waals surface area contributed by atoms with Crippen molar-refractivity contribution in [3.63, 3.8) is 0 Å². The molecule has 2 aliphatic carbocycles. The average molecular weight is 376 g/mol. The Kier molecular flexibility index (Phi) is 4.77. The molecule has 2 aliphatic rings. The van der Waals surface area contributed by atoms with Crippen LogP contribution in [0.25, 0.3) is 0 Å². The SMILES string of the molecule is Fc1ccc(C2CCC3(CC2)CCC(c2cccc(C(F)(F)F)c2)C3)cc1. The summed E-state index contributed by atoms with van der Waals surface area (Å²) in [7, 11) is 0. The van der Waals surface area contributed by atoms with Crippen LogP contribution in [0.3, 0.4) is 0 Å². The zero-order chi connectivity index (χ0) is 19.1. The highest BCUT2D eigenvalue weighted by Gasteiger charge is 2.42. The molecule has 4 heteroatoms. The van der Waals surface area contributed by atoms with Crippen LogP contribution in [0, 0.1) is 11.2 Å². The second-order valence-corrected chi connectivity index (χ2v) is 8.39. The lowest BCUT2D eigenvalue weighted by atomic mass is 9.67. The van der Waals surface area contributed by atoms with Gasteiger partial charge >= 0.3 is 6.18 Å². The molecule has 0 heterocycles. The Bertz CT molecular complexity index is 783. The molecule has 4 rings (SSSR count). The van der Waals surface area contributed by atoms with Crippen molar-refractivity contribution in [3.8, 4) is 0 Å². The lowest BCUT2D eigenvalue weighted by Gasteiger charge is -2.38. The molecule has 0 amide bonds. The molecule has 2 aromatic rings. The maximum absolute atomic E-state index is 13.1. The second kappa shape index (κ2) is 6.96.